The zero-order valence-corrected chi connectivity index (χ0v) is 26.8. The number of nitriles is 1. The molecule has 4 rings (SSSR count). The second kappa shape index (κ2) is 13.5. The molecule has 0 spiro atoms. The average Bonchev–Trinajstić information content (AvgIpc) is 3.35. The van der Waals surface area contributed by atoms with Gasteiger partial charge in [-0.1, -0.05) is 18.8 Å². The van der Waals surface area contributed by atoms with Crippen molar-refractivity contribution in [1.29, 1.82) is 5.26 Å². The van der Waals surface area contributed by atoms with Gasteiger partial charge in [0.2, 0.25) is 0 Å². The largest absolute Gasteiger partial charge is 0.495 e. The van der Waals surface area contributed by atoms with Crippen molar-refractivity contribution in [2.45, 2.75) is 42.5 Å². The molecule has 1 aromatic heterocycles. The summed E-state index contributed by atoms with van der Waals surface area (Å²) in [5.74, 6) is 5.55. The zero-order chi connectivity index (χ0) is 33.0. The van der Waals surface area contributed by atoms with E-state index in [1.54, 1.807) is 6.07 Å². The van der Waals surface area contributed by atoms with E-state index in [-0.39, 0.29) is 34.0 Å². The fraction of sp³-hybridized carbons (Fsp3) is 0.433. The lowest BCUT2D eigenvalue weighted by Gasteiger charge is -2.45. The number of hydrogen-bond donors (Lipinski definition) is 2. The van der Waals surface area contributed by atoms with Crippen LogP contribution in [-0.2, 0) is 16.4 Å². The molecule has 237 valence electrons. The van der Waals surface area contributed by atoms with Gasteiger partial charge in [-0.15, -0.1) is 0 Å². The highest BCUT2D eigenvalue weighted by Gasteiger charge is 2.38. The SMILES string of the molecule is COc1cc(S(C)(=O)=O)ccc1NCC#Cc1cc(C(=O)N[C@]2([Si])CCN(CCC#N)C[C@@H]2C)c2ncn(CC(F)(F)F)c2c1. The summed E-state index contributed by atoms with van der Waals surface area (Å²) >= 11 is 0. The summed E-state index contributed by atoms with van der Waals surface area (Å²) in [5.41, 5.74) is 1.11. The maximum absolute atomic E-state index is 13.7. The number of methoxy groups -OCH3 is 1. The average molecular weight is 658 g/mol. The van der Waals surface area contributed by atoms with Crippen molar-refractivity contribution < 1.29 is 31.1 Å². The number of halogens is 3. The highest BCUT2D eigenvalue weighted by molar-refractivity contribution is 7.90. The third-order valence-corrected chi connectivity index (χ3v) is 9.57. The summed E-state index contributed by atoms with van der Waals surface area (Å²) in [6.07, 6.45) is -1.42. The Balaban J connectivity index is 1.61. The van der Waals surface area contributed by atoms with Gasteiger partial charge in [0.25, 0.3) is 5.91 Å². The molecule has 45 heavy (non-hydrogen) atoms. The lowest BCUT2D eigenvalue weighted by molar-refractivity contribution is -0.139. The van der Waals surface area contributed by atoms with Crippen molar-refractivity contribution in [3.63, 3.8) is 0 Å². The molecule has 1 fully saturated rings. The molecule has 1 aliphatic rings. The number of anilines is 1. The number of likely N-dealkylation sites (tertiary alicyclic amines) is 1. The zero-order valence-electron chi connectivity index (χ0n) is 25.0. The van der Waals surface area contributed by atoms with Crippen LogP contribution in [0.5, 0.6) is 5.75 Å². The number of imidazole rings is 1. The molecule has 3 radical (unpaired) electrons. The summed E-state index contributed by atoms with van der Waals surface area (Å²) in [5, 5.41) is 14.2. The number of benzene rings is 2. The summed E-state index contributed by atoms with van der Waals surface area (Å²) in [6, 6.07) is 9.46. The van der Waals surface area contributed by atoms with Crippen molar-refractivity contribution in [2.24, 2.45) is 5.92 Å². The second-order valence-corrected chi connectivity index (χ2v) is 13.9. The number of ether oxygens (including phenoxy) is 1. The standard InChI is InChI=1S/C30H32F3N6O4SSi/c1-20-17-38(12-5-10-34)13-9-29(20,45)37-28(40)23-14-21(15-25-27(23)36-19-39(25)18-30(31,32)33)6-4-11-35-24-8-7-22(44(3,41)42)16-26(24)43-2/h7-8,14-16,19-20,35H,5,9,11-13,17-18H2,1-3H3,(H,37,40)/t20-,29-/m0/s1. The van der Waals surface area contributed by atoms with E-state index in [0.717, 1.165) is 17.2 Å². The van der Waals surface area contributed by atoms with E-state index in [4.69, 9.17) is 10.00 Å². The fourth-order valence-corrected chi connectivity index (χ4v) is 6.10. The minimum Gasteiger partial charge on any atom is -0.495 e. The number of piperidine rings is 1. The number of fused-ring (bicyclic) bond motifs is 1. The lowest BCUT2D eigenvalue weighted by atomic mass is 9.92. The van der Waals surface area contributed by atoms with Gasteiger partial charge in [0.05, 0.1) is 58.0 Å². The van der Waals surface area contributed by atoms with Gasteiger partial charge < -0.3 is 24.8 Å². The molecular weight excluding hydrogens is 626 g/mol. The van der Waals surface area contributed by atoms with E-state index in [1.807, 2.05) is 6.92 Å². The van der Waals surface area contributed by atoms with E-state index in [1.165, 1.54) is 31.4 Å². The van der Waals surface area contributed by atoms with Crippen molar-refractivity contribution in [2.75, 3.05) is 44.9 Å². The third-order valence-electron chi connectivity index (χ3n) is 7.59. The summed E-state index contributed by atoms with van der Waals surface area (Å²) in [7, 11) is 1.74. The molecule has 2 heterocycles. The predicted octanol–water partition coefficient (Wildman–Crippen LogP) is 3.32. The van der Waals surface area contributed by atoms with Gasteiger partial charge >= 0.3 is 6.18 Å². The van der Waals surface area contributed by atoms with Crippen LogP contribution in [0.3, 0.4) is 0 Å². The second-order valence-electron chi connectivity index (χ2n) is 11.0. The van der Waals surface area contributed by atoms with Crippen LogP contribution in [0.2, 0.25) is 0 Å². The van der Waals surface area contributed by atoms with E-state index >= 15 is 0 Å². The monoisotopic (exact) mass is 657 g/mol. The Kier molecular flexibility index (Phi) is 10.2. The molecule has 10 nitrogen and oxygen atoms in total. The maximum atomic E-state index is 13.7. The number of nitrogens with zero attached hydrogens (tertiary/aromatic N) is 4. The normalized spacial score (nSPS) is 18.9. The highest BCUT2D eigenvalue weighted by Crippen LogP contribution is 2.29. The Morgan fingerprint density at radius 3 is 2.69 bits per heavy atom. The number of hydrogen-bond acceptors (Lipinski definition) is 8. The molecule has 15 heteroatoms. The summed E-state index contributed by atoms with van der Waals surface area (Å²) < 4.78 is 70.0. The Hall–Kier alpha value is -4.05. The van der Waals surface area contributed by atoms with Crippen molar-refractivity contribution in [1.82, 2.24) is 19.8 Å². The van der Waals surface area contributed by atoms with Gasteiger partial charge in [-0.2, -0.15) is 18.4 Å². The fourth-order valence-electron chi connectivity index (χ4n) is 5.14. The van der Waals surface area contributed by atoms with Crippen LogP contribution in [-0.4, -0.2) is 89.9 Å². The van der Waals surface area contributed by atoms with Gasteiger partial charge in [-0.3, -0.25) is 4.79 Å². The van der Waals surface area contributed by atoms with E-state index < -0.39 is 33.6 Å². The topological polar surface area (TPSA) is 129 Å². The number of aromatic nitrogens is 2. The number of rotatable bonds is 9. The first-order valence-corrected chi connectivity index (χ1v) is 16.4. The Morgan fingerprint density at radius 2 is 2.04 bits per heavy atom. The van der Waals surface area contributed by atoms with E-state index in [0.29, 0.717) is 49.5 Å². The van der Waals surface area contributed by atoms with Gasteiger partial charge in [0.1, 0.15) is 17.8 Å². The quantitative estimate of drug-likeness (QED) is 0.265. The van der Waals surface area contributed by atoms with Crippen LogP contribution in [0.4, 0.5) is 18.9 Å². The molecule has 2 aromatic carbocycles. The molecule has 0 saturated carbocycles. The maximum Gasteiger partial charge on any atom is 0.406 e. The van der Waals surface area contributed by atoms with Gasteiger partial charge in [0, 0.05) is 49.1 Å². The molecular formula is C30H32F3N6O4SSi. The van der Waals surface area contributed by atoms with Gasteiger partial charge in [0.15, 0.2) is 9.84 Å². The number of carbonyl (C=O) groups excluding carboxylic acids is 1. The number of sulfone groups is 1. The molecule has 2 atom stereocenters. The lowest BCUT2D eigenvalue weighted by Crippen LogP contribution is -2.61. The Labute approximate surface area is 263 Å². The van der Waals surface area contributed by atoms with Crippen molar-refractivity contribution in [3.05, 3.63) is 47.8 Å². The summed E-state index contributed by atoms with van der Waals surface area (Å²) in [6.45, 7) is 2.68. The minimum absolute atomic E-state index is 0.0404. The molecule has 1 amide bonds. The molecule has 2 N–H and O–H groups in total. The molecule has 0 aliphatic carbocycles. The first kappa shape index (κ1) is 33.8. The minimum atomic E-state index is -4.51. The van der Waals surface area contributed by atoms with Crippen LogP contribution in [0.15, 0.2) is 41.6 Å². The van der Waals surface area contributed by atoms with Crippen LogP contribution in [0.1, 0.15) is 35.7 Å². The Bertz CT molecular complexity index is 1790. The molecule has 0 unspecified atom stereocenters. The number of carbonyl (C=O) groups is 1. The highest BCUT2D eigenvalue weighted by atomic mass is 32.2. The van der Waals surface area contributed by atoms with Gasteiger partial charge in [-0.25, -0.2) is 13.4 Å². The number of amides is 1. The predicted molar refractivity (Wildman–Crippen MR) is 164 cm³/mol. The first-order chi connectivity index (χ1) is 21.1. The van der Waals surface area contributed by atoms with Crippen molar-refractivity contribution >= 4 is 42.7 Å². The number of nitrogens with one attached hydrogen (secondary N) is 2. The Morgan fingerprint density at radius 1 is 1.29 bits per heavy atom. The smallest absolute Gasteiger partial charge is 0.406 e. The van der Waals surface area contributed by atoms with Crippen LogP contribution >= 0.6 is 0 Å². The van der Waals surface area contributed by atoms with E-state index in [9.17, 15) is 26.4 Å². The molecule has 3 aromatic rings. The molecule has 1 saturated heterocycles. The molecule has 0 bridgehead atoms. The third kappa shape index (κ3) is 8.36. The van der Waals surface area contributed by atoms with Crippen LogP contribution in [0.25, 0.3) is 11.0 Å². The van der Waals surface area contributed by atoms with Crippen LogP contribution in [0, 0.1) is 29.1 Å². The first-order valence-electron chi connectivity index (χ1n) is 14.0. The number of alkyl halides is 3. The van der Waals surface area contributed by atoms with Gasteiger partial charge in [-0.05, 0) is 36.6 Å². The van der Waals surface area contributed by atoms with Crippen LogP contribution < -0.4 is 15.4 Å². The van der Waals surface area contributed by atoms with Crippen molar-refractivity contribution in [3.8, 4) is 23.7 Å². The van der Waals surface area contributed by atoms with E-state index in [2.05, 4.69) is 48.7 Å². The summed E-state index contributed by atoms with van der Waals surface area (Å²) in [4.78, 5) is 20.1. The molecule has 1 aliphatic heterocycles.